The number of hydrogen-bond acceptors (Lipinski definition) is 4. The topological polar surface area (TPSA) is 69.7 Å². The van der Waals surface area contributed by atoms with Crippen LogP contribution in [0.5, 0.6) is 0 Å². The van der Waals surface area contributed by atoms with Gasteiger partial charge in [0.15, 0.2) is 0 Å². The number of nitrogens with zero attached hydrogens (tertiary/aromatic N) is 2. The van der Waals surface area contributed by atoms with E-state index in [0.717, 1.165) is 11.1 Å². The van der Waals surface area contributed by atoms with Gasteiger partial charge >= 0.3 is 0 Å². The fraction of sp³-hybridized carbons (Fsp3) is 0.458. The lowest BCUT2D eigenvalue weighted by Crippen LogP contribution is -2.49. The summed E-state index contributed by atoms with van der Waals surface area (Å²) in [4.78, 5) is 15.3. The molecule has 7 heteroatoms. The van der Waals surface area contributed by atoms with Crippen LogP contribution in [0.3, 0.4) is 0 Å². The van der Waals surface area contributed by atoms with E-state index in [-0.39, 0.29) is 11.9 Å². The van der Waals surface area contributed by atoms with E-state index in [2.05, 4.69) is 5.32 Å². The summed E-state index contributed by atoms with van der Waals surface area (Å²) in [5.74, 6) is 0.0610. The Balaban J connectivity index is 1.69. The molecule has 168 valence electrons. The molecule has 1 heterocycles. The molecule has 1 atom stereocenters. The van der Waals surface area contributed by atoms with Crippen molar-refractivity contribution in [1.82, 2.24) is 14.5 Å². The van der Waals surface area contributed by atoms with E-state index in [4.69, 9.17) is 0 Å². The van der Waals surface area contributed by atoms with Gasteiger partial charge in [-0.1, -0.05) is 48.0 Å². The standard InChI is InChI=1S/C24H33N3O3S/c1-4-26(5-2)24(28)23(20-9-7-6-8-10-20)25-21-15-17-27(18-16-21)31(29,30)22-13-11-19(3)12-14-22/h6-14,21,23,25H,4-5,15-18H2,1-3H3. The third-order valence-corrected chi connectivity index (χ3v) is 7.88. The molecular formula is C24H33N3O3S. The molecule has 1 amide bonds. The van der Waals surface area contributed by atoms with Crippen LogP contribution >= 0.6 is 0 Å². The summed E-state index contributed by atoms with van der Waals surface area (Å²) in [5.41, 5.74) is 1.97. The molecule has 1 fully saturated rings. The van der Waals surface area contributed by atoms with Gasteiger partial charge in [-0.15, -0.1) is 0 Å². The number of benzene rings is 2. The highest BCUT2D eigenvalue weighted by molar-refractivity contribution is 7.89. The first kappa shape index (κ1) is 23.4. The van der Waals surface area contributed by atoms with E-state index in [0.29, 0.717) is 43.9 Å². The maximum atomic E-state index is 13.2. The molecule has 0 spiro atoms. The smallest absolute Gasteiger partial charge is 0.244 e. The average molecular weight is 444 g/mol. The number of sulfonamides is 1. The normalized spacial score (nSPS) is 16.7. The fourth-order valence-electron chi connectivity index (χ4n) is 4.03. The highest BCUT2D eigenvalue weighted by atomic mass is 32.2. The van der Waals surface area contributed by atoms with Crippen LogP contribution in [0.2, 0.25) is 0 Å². The Labute approximate surface area is 186 Å². The Morgan fingerprint density at radius 3 is 2.16 bits per heavy atom. The van der Waals surface area contributed by atoms with Gasteiger partial charge in [0, 0.05) is 32.2 Å². The van der Waals surface area contributed by atoms with E-state index in [9.17, 15) is 13.2 Å². The summed E-state index contributed by atoms with van der Waals surface area (Å²) in [5, 5.41) is 3.53. The van der Waals surface area contributed by atoms with Crippen molar-refractivity contribution in [3.05, 3.63) is 65.7 Å². The molecule has 2 aromatic rings. The molecule has 3 rings (SSSR count). The SMILES string of the molecule is CCN(CC)C(=O)C(NC1CCN(S(=O)(=O)c2ccc(C)cc2)CC1)c1ccccc1. The summed E-state index contributed by atoms with van der Waals surface area (Å²) in [6, 6.07) is 16.4. The molecule has 6 nitrogen and oxygen atoms in total. The van der Waals surface area contributed by atoms with Gasteiger partial charge in [-0.05, 0) is 51.3 Å². The minimum absolute atomic E-state index is 0.0610. The molecule has 0 saturated carbocycles. The van der Waals surface area contributed by atoms with Crippen LogP contribution in [0.25, 0.3) is 0 Å². The number of carbonyl (C=O) groups excluding carboxylic acids is 1. The minimum atomic E-state index is -3.49. The molecule has 1 unspecified atom stereocenters. The largest absolute Gasteiger partial charge is 0.342 e. The third-order valence-electron chi connectivity index (χ3n) is 5.97. The number of rotatable bonds is 8. The summed E-state index contributed by atoms with van der Waals surface area (Å²) < 4.78 is 27.5. The number of nitrogens with one attached hydrogen (secondary N) is 1. The van der Waals surface area contributed by atoms with Gasteiger partial charge in [0.1, 0.15) is 6.04 Å². The predicted octanol–water partition coefficient (Wildman–Crippen LogP) is 3.35. The molecule has 2 aromatic carbocycles. The van der Waals surface area contributed by atoms with Crippen LogP contribution in [-0.2, 0) is 14.8 Å². The van der Waals surface area contributed by atoms with Gasteiger partial charge in [-0.25, -0.2) is 8.42 Å². The van der Waals surface area contributed by atoms with E-state index in [1.54, 1.807) is 16.4 Å². The highest BCUT2D eigenvalue weighted by Crippen LogP contribution is 2.24. The summed E-state index contributed by atoms with van der Waals surface area (Å²) in [7, 11) is -3.49. The lowest BCUT2D eigenvalue weighted by atomic mass is 10.0. The first-order valence-corrected chi connectivity index (χ1v) is 12.5. The molecule has 1 saturated heterocycles. The summed E-state index contributed by atoms with van der Waals surface area (Å²) in [6.07, 6.45) is 1.33. The van der Waals surface area contributed by atoms with Crippen molar-refractivity contribution < 1.29 is 13.2 Å². The van der Waals surface area contributed by atoms with Crippen molar-refractivity contribution in [2.75, 3.05) is 26.2 Å². The minimum Gasteiger partial charge on any atom is -0.342 e. The number of carbonyl (C=O) groups is 1. The predicted molar refractivity (Wildman–Crippen MR) is 123 cm³/mol. The van der Waals surface area contributed by atoms with Gasteiger partial charge in [-0.2, -0.15) is 4.31 Å². The van der Waals surface area contributed by atoms with Crippen LogP contribution in [-0.4, -0.2) is 55.8 Å². The first-order chi connectivity index (χ1) is 14.9. The quantitative estimate of drug-likeness (QED) is 0.679. The van der Waals surface area contributed by atoms with Crippen LogP contribution < -0.4 is 5.32 Å². The van der Waals surface area contributed by atoms with Gasteiger partial charge in [-0.3, -0.25) is 10.1 Å². The molecule has 1 aliphatic heterocycles. The zero-order valence-electron chi connectivity index (χ0n) is 18.6. The second-order valence-electron chi connectivity index (χ2n) is 8.01. The zero-order chi connectivity index (χ0) is 22.4. The molecular weight excluding hydrogens is 410 g/mol. The Hall–Kier alpha value is -2.22. The van der Waals surface area contributed by atoms with E-state index in [1.165, 1.54) is 0 Å². The molecule has 0 bridgehead atoms. The molecule has 1 aliphatic rings. The van der Waals surface area contributed by atoms with E-state index < -0.39 is 16.1 Å². The third kappa shape index (κ3) is 5.53. The van der Waals surface area contributed by atoms with Crippen LogP contribution in [0.1, 0.15) is 43.9 Å². The maximum absolute atomic E-state index is 13.2. The number of piperidine rings is 1. The lowest BCUT2D eigenvalue weighted by Gasteiger charge is -2.35. The van der Waals surface area contributed by atoms with Crippen molar-refractivity contribution in [1.29, 1.82) is 0 Å². The van der Waals surface area contributed by atoms with Crippen LogP contribution in [0.15, 0.2) is 59.5 Å². The zero-order valence-corrected chi connectivity index (χ0v) is 19.4. The van der Waals surface area contributed by atoms with Crippen molar-refractivity contribution in [2.45, 2.75) is 50.6 Å². The van der Waals surface area contributed by atoms with Crippen molar-refractivity contribution in [2.24, 2.45) is 0 Å². The lowest BCUT2D eigenvalue weighted by molar-refractivity contribution is -0.133. The molecule has 31 heavy (non-hydrogen) atoms. The van der Waals surface area contributed by atoms with Gasteiger partial charge in [0.2, 0.25) is 15.9 Å². The number of amides is 1. The van der Waals surface area contributed by atoms with Crippen LogP contribution in [0.4, 0.5) is 0 Å². The van der Waals surface area contributed by atoms with E-state index >= 15 is 0 Å². The fourth-order valence-corrected chi connectivity index (χ4v) is 5.50. The second-order valence-corrected chi connectivity index (χ2v) is 9.95. The number of hydrogen-bond donors (Lipinski definition) is 1. The summed E-state index contributed by atoms with van der Waals surface area (Å²) in [6.45, 7) is 8.11. The Bertz CT molecular complexity index is 949. The molecule has 0 radical (unpaired) electrons. The highest BCUT2D eigenvalue weighted by Gasteiger charge is 2.32. The van der Waals surface area contributed by atoms with Crippen LogP contribution in [0, 0.1) is 6.92 Å². The Morgan fingerprint density at radius 2 is 1.61 bits per heavy atom. The van der Waals surface area contributed by atoms with Gasteiger partial charge < -0.3 is 4.90 Å². The second kappa shape index (κ2) is 10.4. The summed E-state index contributed by atoms with van der Waals surface area (Å²) >= 11 is 0. The van der Waals surface area contributed by atoms with E-state index in [1.807, 2.05) is 68.1 Å². The van der Waals surface area contributed by atoms with Gasteiger partial charge in [0.25, 0.3) is 0 Å². The molecule has 0 aromatic heterocycles. The average Bonchev–Trinajstić information content (AvgIpc) is 2.79. The first-order valence-electron chi connectivity index (χ1n) is 11.0. The molecule has 0 aliphatic carbocycles. The Kier molecular flexibility index (Phi) is 7.86. The molecule has 1 N–H and O–H groups in total. The maximum Gasteiger partial charge on any atom is 0.244 e. The number of aryl methyl sites for hydroxylation is 1. The van der Waals surface area contributed by atoms with Crippen molar-refractivity contribution >= 4 is 15.9 Å². The monoisotopic (exact) mass is 443 g/mol. The Morgan fingerprint density at radius 1 is 1.03 bits per heavy atom. The van der Waals surface area contributed by atoms with Crippen molar-refractivity contribution in [3.63, 3.8) is 0 Å². The van der Waals surface area contributed by atoms with Crippen molar-refractivity contribution in [3.8, 4) is 0 Å². The van der Waals surface area contributed by atoms with Gasteiger partial charge in [0.05, 0.1) is 4.90 Å². The number of likely N-dealkylation sites (N-methyl/N-ethyl adjacent to an activating group) is 1.